The third-order valence-corrected chi connectivity index (χ3v) is 2.55. The topological polar surface area (TPSA) is 25.8 Å². The second-order valence-corrected chi connectivity index (χ2v) is 4.31. The smallest absolute Gasteiger partial charge is 0.133 e. The lowest BCUT2D eigenvalue weighted by molar-refractivity contribution is 0.673. The molecular weight excluding hydrogens is 284 g/mol. The van der Waals surface area contributed by atoms with Gasteiger partial charge in [-0.2, -0.15) is 0 Å². The molecule has 0 aromatic carbocycles. The lowest BCUT2D eigenvalue weighted by Crippen LogP contribution is -2.00. The third-order valence-electron chi connectivity index (χ3n) is 1.73. The van der Waals surface area contributed by atoms with E-state index in [4.69, 9.17) is 0 Å². The molecular formula is C8H10Br2N2. The number of rotatable bonds is 2. The zero-order chi connectivity index (χ0) is 9.14. The number of hydrogen-bond donors (Lipinski definition) is 0. The molecule has 0 aliphatic rings. The molecule has 2 nitrogen and oxygen atoms in total. The van der Waals surface area contributed by atoms with Crippen LogP contribution in [0.1, 0.15) is 32.0 Å². The first kappa shape index (κ1) is 10.1. The molecule has 0 saturated heterocycles. The highest BCUT2D eigenvalue weighted by Crippen LogP contribution is 2.19. The second kappa shape index (κ2) is 4.33. The molecule has 0 fully saturated rings. The first-order valence-electron chi connectivity index (χ1n) is 3.83. The minimum Gasteiger partial charge on any atom is -0.226 e. The Kier molecular flexibility index (Phi) is 3.65. The highest BCUT2D eigenvalue weighted by Gasteiger charge is 2.07. The largest absolute Gasteiger partial charge is 0.226 e. The number of halogens is 2. The van der Waals surface area contributed by atoms with Crippen molar-refractivity contribution < 1.29 is 0 Å². The molecule has 1 heterocycles. The van der Waals surface area contributed by atoms with Crippen LogP contribution in [0.5, 0.6) is 0 Å². The molecule has 0 radical (unpaired) electrons. The molecule has 0 spiro atoms. The summed E-state index contributed by atoms with van der Waals surface area (Å²) in [7, 11) is 0. The van der Waals surface area contributed by atoms with Gasteiger partial charge in [0.15, 0.2) is 0 Å². The quantitative estimate of drug-likeness (QED) is 0.780. The summed E-state index contributed by atoms with van der Waals surface area (Å²) in [6.07, 6.45) is 1.06. The molecule has 1 aromatic heterocycles. The van der Waals surface area contributed by atoms with Crippen molar-refractivity contribution in [3.8, 4) is 0 Å². The van der Waals surface area contributed by atoms with Gasteiger partial charge >= 0.3 is 0 Å². The molecule has 66 valence electrons. The summed E-state index contributed by atoms with van der Waals surface area (Å²) in [5.41, 5.74) is 0. The predicted octanol–water partition coefficient (Wildman–Crippen LogP) is 3.52. The summed E-state index contributed by atoms with van der Waals surface area (Å²) < 4.78 is 1.67. The van der Waals surface area contributed by atoms with Crippen molar-refractivity contribution in [1.29, 1.82) is 0 Å². The first-order valence-corrected chi connectivity index (χ1v) is 5.42. The third kappa shape index (κ3) is 2.52. The Morgan fingerprint density at radius 3 is 2.25 bits per heavy atom. The summed E-state index contributed by atoms with van der Waals surface area (Å²) in [5.74, 6) is 1.30. The van der Waals surface area contributed by atoms with Crippen LogP contribution in [0.25, 0.3) is 0 Å². The summed E-state index contributed by atoms with van der Waals surface area (Å²) in [4.78, 5) is 8.56. The van der Waals surface area contributed by atoms with Crippen LogP contribution < -0.4 is 0 Å². The minimum absolute atomic E-state index is 0.416. The highest BCUT2D eigenvalue weighted by molar-refractivity contribution is 9.11. The van der Waals surface area contributed by atoms with Crippen LogP contribution in [0, 0.1) is 0 Å². The molecule has 12 heavy (non-hydrogen) atoms. The van der Waals surface area contributed by atoms with Gasteiger partial charge in [0.1, 0.15) is 15.0 Å². The molecule has 0 bridgehead atoms. The van der Waals surface area contributed by atoms with Crippen LogP contribution in [0.15, 0.2) is 15.3 Å². The van der Waals surface area contributed by atoms with Crippen molar-refractivity contribution in [2.75, 3.05) is 0 Å². The fourth-order valence-corrected chi connectivity index (χ4v) is 1.91. The van der Waals surface area contributed by atoms with Crippen molar-refractivity contribution in [1.82, 2.24) is 9.97 Å². The van der Waals surface area contributed by atoms with Crippen LogP contribution in [0.3, 0.4) is 0 Å². The molecule has 1 rings (SSSR count). The zero-order valence-electron chi connectivity index (χ0n) is 7.01. The van der Waals surface area contributed by atoms with E-state index in [1.165, 1.54) is 0 Å². The van der Waals surface area contributed by atoms with Crippen molar-refractivity contribution >= 4 is 31.9 Å². The Balaban J connectivity index is 3.00. The summed E-state index contributed by atoms with van der Waals surface area (Å²) in [5, 5.41) is 0. The zero-order valence-corrected chi connectivity index (χ0v) is 10.2. The van der Waals surface area contributed by atoms with Gasteiger partial charge in [0.05, 0.1) is 0 Å². The Bertz CT molecular complexity index is 256. The van der Waals surface area contributed by atoms with Crippen molar-refractivity contribution in [2.45, 2.75) is 26.2 Å². The van der Waals surface area contributed by atoms with Gasteiger partial charge in [-0.1, -0.05) is 13.8 Å². The standard InChI is InChI=1S/C8H10Br2N2/c1-3-5(2)8-11-6(9)4-7(10)12-8/h4-5H,3H2,1-2H3. The van der Waals surface area contributed by atoms with Crippen LogP contribution in [-0.2, 0) is 0 Å². The average molecular weight is 294 g/mol. The van der Waals surface area contributed by atoms with Crippen LogP contribution in [-0.4, -0.2) is 9.97 Å². The molecule has 1 unspecified atom stereocenters. The van der Waals surface area contributed by atoms with Gasteiger partial charge in [-0.05, 0) is 38.3 Å². The van der Waals surface area contributed by atoms with Gasteiger partial charge < -0.3 is 0 Å². The maximum Gasteiger partial charge on any atom is 0.133 e. The maximum absolute atomic E-state index is 4.28. The van der Waals surface area contributed by atoms with E-state index in [1.807, 2.05) is 6.07 Å². The van der Waals surface area contributed by atoms with Crippen molar-refractivity contribution in [3.05, 3.63) is 21.1 Å². The number of hydrogen-bond acceptors (Lipinski definition) is 2. The summed E-state index contributed by atoms with van der Waals surface area (Å²) in [6, 6.07) is 1.84. The predicted molar refractivity (Wildman–Crippen MR) is 56.1 cm³/mol. The molecule has 1 atom stereocenters. The van der Waals surface area contributed by atoms with E-state index in [0.29, 0.717) is 5.92 Å². The van der Waals surface area contributed by atoms with E-state index in [0.717, 1.165) is 21.5 Å². The molecule has 0 aliphatic heterocycles. The lowest BCUT2D eigenvalue weighted by atomic mass is 10.1. The van der Waals surface area contributed by atoms with Gasteiger partial charge in [0.25, 0.3) is 0 Å². The Hall–Kier alpha value is 0.0400. The van der Waals surface area contributed by atoms with Gasteiger partial charge in [0.2, 0.25) is 0 Å². The lowest BCUT2D eigenvalue weighted by Gasteiger charge is -2.06. The van der Waals surface area contributed by atoms with Gasteiger partial charge in [-0.25, -0.2) is 9.97 Å². The van der Waals surface area contributed by atoms with Gasteiger partial charge in [-0.3, -0.25) is 0 Å². The fraction of sp³-hybridized carbons (Fsp3) is 0.500. The van der Waals surface area contributed by atoms with Gasteiger partial charge in [-0.15, -0.1) is 0 Å². The Morgan fingerprint density at radius 1 is 1.33 bits per heavy atom. The van der Waals surface area contributed by atoms with E-state index in [1.54, 1.807) is 0 Å². The molecule has 0 amide bonds. The first-order chi connectivity index (χ1) is 5.63. The van der Waals surface area contributed by atoms with E-state index >= 15 is 0 Å². The van der Waals surface area contributed by atoms with Gasteiger partial charge in [0, 0.05) is 12.0 Å². The van der Waals surface area contributed by atoms with Crippen molar-refractivity contribution in [3.63, 3.8) is 0 Å². The van der Waals surface area contributed by atoms with Crippen LogP contribution >= 0.6 is 31.9 Å². The fourth-order valence-electron chi connectivity index (χ4n) is 0.810. The molecule has 1 aromatic rings. The van der Waals surface area contributed by atoms with Crippen LogP contribution in [0.4, 0.5) is 0 Å². The van der Waals surface area contributed by atoms with E-state index in [2.05, 4.69) is 55.7 Å². The minimum atomic E-state index is 0.416. The highest BCUT2D eigenvalue weighted by atomic mass is 79.9. The van der Waals surface area contributed by atoms with Crippen LogP contribution in [0.2, 0.25) is 0 Å². The number of aromatic nitrogens is 2. The molecule has 4 heteroatoms. The Labute approximate surface area is 89.1 Å². The van der Waals surface area contributed by atoms with E-state index in [-0.39, 0.29) is 0 Å². The summed E-state index contributed by atoms with van der Waals surface area (Å²) >= 11 is 6.66. The monoisotopic (exact) mass is 292 g/mol. The maximum atomic E-state index is 4.28. The van der Waals surface area contributed by atoms with E-state index < -0.39 is 0 Å². The molecule has 0 N–H and O–H groups in total. The summed E-state index contributed by atoms with van der Waals surface area (Å²) in [6.45, 7) is 4.25. The molecule has 0 saturated carbocycles. The second-order valence-electron chi connectivity index (χ2n) is 2.68. The SMILES string of the molecule is CCC(C)c1nc(Br)cc(Br)n1. The normalized spacial score (nSPS) is 13.0. The average Bonchev–Trinajstić information content (AvgIpc) is 2.01. The number of nitrogens with zero attached hydrogens (tertiary/aromatic N) is 2. The van der Waals surface area contributed by atoms with Crippen molar-refractivity contribution in [2.24, 2.45) is 0 Å². The Morgan fingerprint density at radius 2 is 1.83 bits per heavy atom. The van der Waals surface area contributed by atoms with E-state index in [9.17, 15) is 0 Å². The molecule has 0 aliphatic carbocycles.